The zero-order valence-electron chi connectivity index (χ0n) is 29.8. The second-order valence-electron chi connectivity index (χ2n) is 14.8. The van der Waals surface area contributed by atoms with Crippen LogP contribution in [0.5, 0.6) is 0 Å². The summed E-state index contributed by atoms with van der Waals surface area (Å²) in [6.45, 7) is 7.00. The van der Waals surface area contributed by atoms with E-state index in [1.807, 2.05) is 69.4 Å². The Morgan fingerprint density at radius 1 is 1.11 bits per heavy atom. The van der Waals surface area contributed by atoms with Gasteiger partial charge in [-0.05, 0) is 85.7 Å². The van der Waals surface area contributed by atoms with Gasteiger partial charge in [-0.25, -0.2) is 14.4 Å². The fourth-order valence-electron chi connectivity index (χ4n) is 8.32. The number of fused-ring (bicyclic) bond motifs is 2. The number of imidazole rings is 1. The minimum absolute atomic E-state index is 0.0599. The van der Waals surface area contributed by atoms with Gasteiger partial charge in [0, 0.05) is 75.3 Å². The van der Waals surface area contributed by atoms with Crippen molar-refractivity contribution in [2.45, 2.75) is 64.8 Å². The number of nitrogens with zero attached hydrogens (tertiary/aromatic N) is 7. The quantitative estimate of drug-likeness (QED) is 0.180. The number of carboxylic acid groups (broad SMARTS) is 1. The Balaban J connectivity index is 1.04. The molecule has 2 fully saturated rings. The third-order valence-electron chi connectivity index (χ3n) is 11.5. The molecule has 3 atom stereocenters. The second kappa shape index (κ2) is 13.4. The summed E-state index contributed by atoms with van der Waals surface area (Å²) < 4.78 is 9.12. The van der Waals surface area contributed by atoms with Crippen molar-refractivity contribution in [3.05, 3.63) is 88.5 Å². The smallest absolute Gasteiger partial charge is 0.310 e. The van der Waals surface area contributed by atoms with Crippen molar-refractivity contribution in [2.24, 2.45) is 12.5 Å². The summed E-state index contributed by atoms with van der Waals surface area (Å²) in [5, 5.41) is 29.7. The van der Waals surface area contributed by atoms with Crippen LogP contribution in [0.4, 0.5) is 5.69 Å². The molecule has 1 amide bonds. The highest BCUT2D eigenvalue weighted by molar-refractivity contribution is 6.38. The molecule has 5 aromatic rings. The number of aliphatic hydroxyl groups is 1. The molecular weight excluding hydrogens is 694 g/mol. The highest BCUT2D eigenvalue weighted by Crippen LogP contribution is 2.45. The van der Waals surface area contributed by atoms with E-state index in [0.29, 0.717) is 67.3 Å². The number of aliphatic carboxylic acids is 1. The molecule has 12 nitrogen and oxygen atoms in total. The van der Waals surface area contributed by atoms with E-state index >= 15 is 0 Å². The van der Waals surface area contributed by atoms with Crippen molar-refractivity contribution in [1.82, 2.24) is 24.3 Å². The molecule has 3 unspecified atom stereocenters. The fraction of sp³-hybridized carbons (Fsp3) is 0.375. The van der Waals surface area contributed by atoms with Gasteiger partial charge in [-0.2, -0.15) is 5.26 Å². The Hall–Kier alpha value is -5.06. The number of aliphatic hydroxyl groups excluding tert-OH is 1. The molecule has 53 heavy (non-hydrogen) atoms. The number of carboxylic acids is 1. The van der Waals surface area contributed by atoms with Crippen molar-refractivity contribution >= 4 is 40.4 Å². The Kier molecular flexibility index (Phi) is 8.86. The second-order valence-corrected chi connectivity index (χ2v) is 15.1. The van der Waals surface area contributed by atoms with Gasteiger partial charge in [-0.3, -0.25) is 19.4 Å². The molecule has 13 heteroatoms. The predicted molar refractivity (Wildman–Crippen MR) is 199 cm³/mol. The average Bonchev–Trinajstić information content (AvgIpc) is 3.86. The average molecular weight is 734 g/mol. The molecule has 0 spiro atoms. The highest BCUT2D eigenvalue weighted by atomic mass is 35.5. The molecule has 1 saturated heterocycles. The maximum Gasteiger partial charge on any atom is 0.310 e. The van der Waals surface area contributed by atoms with Crippen molar-refractivity contribution < 1.29 is 24.2 Å². The number of likely N-dealkylation sites (tertiary alicyclic amines) is 1. The maximum absolute atomic E-state index is 13.8. The SMILES string of the molecule is Cc1c(-c2cccc(N(Cl)C(=O)c3nc4c(n3C)CCN(C3CCC3(C)C(=O)O)C4)c2)cccc1-c1nc2cc(CN3CCC(O)C3)cc(C#N)c2o1. The van der Waals surface area contributed by atoms with Crippen molar-refractivity contribution in [3.8, 4) is 28.7 Å². The maximum atomic E-state index is 13.8. The summed E-state index contributed by atoms with van der Waals surface area (Å²) in [5.74, 6) is -0.614. The van der Waals surface area contributed by atoms with Gasteiger partial charge in [-0.15, -0.1) is 0 Å². The van der Waals surface area contributed by atoms with Gasteiger partial charge in [0.2, 0.25) is 11.7 Å². The van der Waals surface area contributed by atoms with Crippen molar-refractivity contribution in [3.63, 3.8) is 0 Å². The van der Waals surface area contributed by atoms with Crippen LogP contribution in [0.25, 0.3) is 33.7 Å². The summed E-state index contributed by atoms with van der Waals surface area (Å²) in [7, 11) is 1.82. The molecule has 8 rings (SSSR count). The normalized spacial score (nSPS) is 21.7. The molecule has 3 aromatic carbocycles. The molecular formula is C40H40ClN7O5. The first-order valence-corrected chi connectivity index (χ1v) is 18.3. The van der Waals surface area contributed by atoms with E-state index in [1.54, 1.807) is 10.6 Å². The summed E-state index contributed by atoms with van der Waals surface area (Å²) >= 11 is 6.77. The van der Waals surface area contributed by atoms with Crippen LogP contribution in [-0.2, 0) is 31.4 Å². The lowest BCUT2D eigenvalue weighted by Gasteiger charge is -2.50. The molecule has 0 radical (unpaired) electrons. The van der Waals surface area contributed by atoms with Crippen LogP contribution in [0, 0.1) is 23.7 Å². The zero-order valence-corrected chi connectivity index (χ0v) is 30.6. The number of aromatic nitrogens is 3. The number of benzene rings is 3. The number of β-amino-alcohol motifs (C(OH)–C–C–N with tert-alkyl or cyclic N) is 1. The predicted octanol–water partition coefficient (Wildman–Crippen LogP) is 6.05. The van der Waals surface area contributed by atoms with Gasteiger partial charge in [0.15, 0.2) is 5.58 Å². The first kappa shape index (κ1) is 35.0. The number of hydrogen-bond acceptors (Lipinski definition) is 9. The molecule has 2 aliphatic heterocycles. The van der Waals surface area contributed by atoms with Gasteiger partial charge < -0.3 is 19.2 Å². The molecule has 3 aliphatic rings. The minimum Gasteiger partial charge on any atom is -0.481 e. The number of rotatable bonds is 8. The standard InChI is InChI=1S/C40H40ClN7O5/c1-23-29(8-5-9-30(23)37-44-31-17-24(16-26(19-42)35(31)53-37)20-46-14-11-28(49)21-46)25-6-4-7-27(18-25)48(41)38(50)36-43-32-22-47(15-12-33(32)45(36)3)34-10-13-40(34,2)39(51)52/h4-9,16-18,28,34,49H,10-15,20-22H2,1-3H3,(H,51,52). The third-order valence-corrected chi connectivity index (χ3v) is 11.9. The Morgan fingerprint density at radius 2 is 1.91 bits per heavy atom. The van der Waals surface area contributed by atoms with Gasteiger partial charge in [0.05, 0.1) is 28.5 Å². The highest BCUT2D eigenvalue weighted by Gasteiger charge is 2.52. The van der Waals surface area contributed by atoms with Crippen LogP contribution < -0.4 is 4.42 Å². The van der Waals surface area contributed by atoms with E-state index in [9.17, 15) is 25.1 Å². The van der Waals surface area contributed by atoms with Crippen molar-refractivity contribution in [2.75, 3.05) is 24.1 Å². The lowest BCUT2D eigenvalue weighted by atomic mass is 9.65. The van der Waals surface area contributed by atoms with E-state index in [2.05, 4.69) is 15.9 Å². The molecule has 1 aliphatic carbocycles. The van der Waals surface area contributed by atoms with Crippen LogP contribution in [0.3, 0.4) is 0 Å². The number of hydrogen-bond donors (Lipinski definition) is 2. The van der Waals surface area contributed by atoms with E-state index < -0.39 is 17.3 Å². The monoisotopic (exact) mass is 733 g/mol. The third kappa shape index (κ3) is 6.07. The largest absolute Gasteiger partial charge is 0.481 e. The van der Waals surface area contributed by atoms with E-state index in [-0.39, 0.29) is 18.0 Å². The lowest BCUT2D eigenvalue weighted by Crippen LogP contribution is -2.58. The number of carbonyl (C=O) groups excluding carboxylic acids is 1. The van der Waals surface area contributed by atoms with Crippen molar-refractivity contribution in [1.29, 1.82) is 5.26 Å². The minimum atomic E-state index is -0.774. The Labute approximate surface area is 311 Å². The fourth-order valence-corrected chi connectivity index (χ4v) is 8.50. The Morgan fingerprint density at radius 3 is 2.62 bits per heavy atom. The van der Waals surface area contributed by atoms with Gasteiger partial charge in [0.25, 0.3) is 0 Å². The van der Waals surface area contributed by atoms with Crippen LogP contribution in [0.1, 0.15) is 64.9 Å². The van der Waals surface area contributed by atoms with Crippen LogP contribution in [0.2, 0.25) is 0 Å². The number of carbonyl (C=O) groups is 2. The van der Waals surface area contributed by atoms with E-state index in [4.69, 9.17) is 26.2 Å². The van der Waals surface area contributed by atoms with Crippen LogP contribution in [-0.4, -0.2) is 78.2 Å². The molecule has 1 saturated carbocycles. The van der Waals surface area contributed by atoms with Gasteiger partial charge in [-0.1, -0.05) is 24.3 Å². The number of halogens is 1. The molecule has 4 heterocycles. The summed E-state index contributed by atoms with van der Waals surface area (Å²) in [5.41, 5.74) is 7.23. The molecule has 0 bridgehead atoms. The van der Waals surface area contributed by atoms with Gasteiger partial charge in [0.1, 0.15) is 11.6 Å². The van der Waals surface area contributed by atoms with E-state index in [1.165, 1.54) is 0 Å². The summed E-state index contributed by atoms with van der Waals surface area (Å²) in [4.78, 5) is 39.7. The molecule has 272 valence electrons. The number of nitriles is 1. The summed E-state index contributed by atoms with van der Waals surface area (Å²) in [6, 6.07) is 19.2. The molecule has 2 N–H and O–H groups in total. The van der Waals surface area contributed by atoms with Crippen LogP contribution in [0.15, 0.2) is 59.0 Å². The number of anilines is 1. The summed E-state index contributed by atoms with van der Waals surface area (Å²) in [6.07, 6.45) is 2.55. The van der Waals surface area contributed by atoms with Gasteiger partial charge >= 0.3 is 11.9 Å². The first-order chi connectivity index (χ1) is 25.4. The first-order valence-electron chi connectivity index (χ1n) is 17.9. The number of amides is 1. The topological polar surface area (TPSA) is 152 Å². The number of oxazole rings is 1. The Bertz CT molecular complexity index is 2330. The molecule has 2 aromatic heterocycles. The lowest BCUT2D eigenvalue weighted by molar-refractivity contribution is -0.162. The van der Waals surface area contributed by atoms with Crippen LogP contribution >= 0.6 is 11.8 Å². The zero-order chi connectivity index (χ0) is 37.2. The van der Waals surface area contributed by atoms with E-state index in [0.717, 1.165) is 63.0 Å².